The van der Waals surface area contributed by atoms with Crippen molar-refractivity contribution in [3.63, 3.8) is 0 Å². The maximum Gasteiger partial charge on any atom is 0.360 e. The van der Waals surface area contributed by atoms with Crippen LogP contribution in [-0.4, -0.2) is 174 Å². The number of carbonyl (C=O) groups excluding carboxylic acids is 1. The van der Waals surface area contributed by atoms with Gasteiger partial charge in [0.05, 0.1) is 19.8 Å². The molecule has 18 heteroatoms. The topological polar surface area (TPSA) is 295 Å². The van der Waals surface area contributed by atoms with Crippen molar-refractivity contribution in [3.05, 3.63) is 0 Å². The molecule has 2 unspecified atom stereocenters. The van der Waals surface area contributed by atoms with Crippen LogP contribution in [0.15, 0.2) is 0 Å². The fraction of sp³-hybridized carbons (Fsp3) is 0.947. The second kappa shape index (κ2) is 12.3. The van der Waals surface area contributed by atoms with Gasteiger partial charge in [0.15, 0.2) is 18.7 Å². The average Bonchev–Trinajstić information content (AvgIpc) is 2.89. The molecule has 37 heavy (non-hydrogen) atoms. The third kappa shape index (κ3) is 5.75. The van der Waals surface area contributed by atoms with Crippen molar-refractivity contribution in [2.75, 3.05) is 19.8 Å². The van der Waals surface area contributed by atoms with E-state index in [0.29, 0.717) is 0 Å². The maximum atomic E-state index is 11.2. The molecule has 3 rings (SSSR count). The first kappa shape index (κ1) is 30.4. The van der Waals surface area contributed by atoms with Crippen LogP contribution in [0.4, 0.5) is 0 Å². The Kier molecular flexibility index (Phi) is 10.1. The molecule has 0 aromatic carbocycles. The van der Waals surface area contributed by atoms with Crippen LogP contribution in [0.1, 0.15) is 0 Å². The van der Waals surface area contributed by atoms with E-state index in [1.54, 1.807) is 0 Å². The first-order valence-electron chi connectivity index (χ1n) is 11.2. The van der Waals surface area contributed by atoms with Gasteiger partial charge in [-0.15, -0.1) is 0 Å². The van der Waals surface area contributed by atoms with Crippen LogP contribution in [0.3, 0.4) is 0 Å². The van der Waals surface area contributed by atoms with Crippen LogP contribution in [0.2, 0.25) is 0 Å². The lowest BCUT2D eigenvalue weighted by molar-refractivity contribution is -0.471. The van der Waals surface area contributed by atoms with Gasteiger partial charge in [-0.3, -0.25) is 4.79 Å². The van der Waals surface area contributed by atoms with E-state index in [0.717, 1.165) is 0 Å². The molecule has 0 aliphatic carbocycles. The molecule has 216 valence electrons. The molecule has 3 saturated heterocycles. The molecule has 3 aliphatic heterocycles. The number of rotatable bonds is 9. The van der Waals surface area contributed by atoms with Gasteiger partial charge in [-0.25, -0.2) is 0 Å². The Morgan fingerprint density at radius 3 is 1.81 bits per heavy atom. The van der Waals surface area contributed by atoms with E-state index >= 15 is 0 Å². The largest absolute Gasteiger partial charge is 0.408 e. The SMILES string of the molecule is O=COC1(O[C@H]2[C@H](O)[C@@H](O)C(O[C@H]3[C@H](O)[C@@H](O)[C@@H](O)O[C@@H]3CO)O[C@@H]2CO)O[C@H](CO)[C@@H](O)[C@H](O)[C@H]1O. The summed E-state index contributed by atoms with van der Waals surface area (Å²) < 4.78 is 31.0. The molecule has 0 radical (unpaired) electrons. The number of hydrogen-bond acceptors (Lipinski definition) is 18. The third-order valence-corrected chi connectivity index (χ3v) is 6.38. The number of hydrogen-bond donors (Lipinski definition) is 11. The van der Waals surface area contributed by atoms with Gasteiger partial charge in [0.25, 0.3) is 6.47 Å². The highest BCUT2D eigenvalue weighted by atomic mass is 16.9. The summed E-state index contributed by atoms with van der Waals surface area (Å²) in [5.74, 6) is -2.96. The highest BCUT2D eigenvalue weighted by Gasteiger charge is 2.61. The van der Waals surface area contributed by atoms with Crippen LogP contribution < -0.4 is 0 Å². The molecule has 18 nitrogen and oxygen atoms in total. The second-order valence-corrected chi connectivity index (χ2v) is 8.70. The summed E-state index contributed by atoms with van der Waals surface area (Å²) in [6, 6.07) is 0. The van der Waals surface area contributed by atoms with Crippen LogP contribution in [0, 0.1) is 0 Å². The first-order valence-corrected chi connectivity index (χ1v) is 11.2. The predicted molar refractivity (Wildman–Crippen MR) is 107 cm³/mol. The standard InChI is InChI=1S/C19H32O18/c20-1-5-8(24)11(27)16(30)19(36-5,32-4-23)37-15-7(3-22)34-18(13(29)10(15)26)35-14-6(2-21)33-17(31)12(28)9(14)25/h4-18,20-22,24-31H,1-3H2/t5-,6-,7-,8-,9-,10-,11+,12-,13-,14-,15-,16-,17+,18?,19?/m1/s1. The Balaban J connectivity index is 1.82. The minimum atomic E-state index is -2.96. The fourth-order valence-corrected chi connectivity index (χ4v) is 4.29. The lowest BCUT2D eigenvalue weighted by atomic mass is 9.95. The summed E-state index contributed by atoms with van der Waals surface area (Å²) in [5, 5.41) is 110. The van der Waals surface area contributed by atoms with Gasteiger partial charge in [0.2, 0.25) is 0 Å². The summed E-state index contributed by atoms with van der Waals surface area (Å²) >= 11 is 0. The summed E-state index contributed by atoms with van der Waals surface area (Å²) in [4.78, 5) is 11.2. The molecule has 15 atom stereocenters. The lowest BCUT2D eigenvalue weighted by Gasteiger charge is -2.50. The van der Waals surface area contributed by atoms with Crippen molar-refractivity contribution >= 4 is 6.47 Å². The molecule has 0 saturated carbocycles. The zero-order chi connectivity index (χ0) is 27.7. The van der Waals surface area contributed by atoms with Crippen molar-refractivity contribution in [2.45, 2.75) is 91.8 Å². The summed E-state index contributed by atoms with van der Waals surface area (Å²) in [5.41, 5.74) is 0. The Labute approximate surface area is 208 Å². The van der Waals surface area contributed by atoms with E-state index in [-0.39, 0.29) is 6.47 Å². The van der Waals surface area contributed by atoms with Crippen molar-refractivity contribution in [1.29, 1.82) is 0 Å². The van der Waals surface area contributed by atoms with E-state index in [1.165, 1.54) is 0 Å². The second-order valence-electron chi connectivity index (χ2n) is 8.70. The zero-order valence-corrected chi connectivity index (χ0v) is 19.1. The number of aliphatic hydroxyl groups excluding tert-OH is 11. The minimum absolute atomic E-state index is 0.270. The monoisotopic (exact) mass is 548 g/mol. The molecule has 3 fully saturated rings. The van der Waals surface area contributed by atoms with E-state index in [9.17, 15) is 61.0 Å². The van der Waals surface area contributed by atoms with Crippen molar-refractivity contribution < 1.29 is 89.4 Å². The Morgan fingerprint density at radius 1 is 0.676 bits per heavy atom. The summed E-state index contributed by atoms with van der Waals surface area (Å²) in [6.45, 7) is -2.99. The van der Waals surface area contributed by atoms with Gasteiger partial charge in [0.1, 0.15) is 67.1 Å². The molecular weight excluding hydrogens is 516 g/mol. The van der Waals surface area contributed by atoms with E-state index in [1.807, 2.05) is 0 Å². The summed E-state index contributed by atoms with van der Waals surface area (Å²) in [6.07, 6.45) is -26.1. The third-order valence-electron chi connectivity index (χ3n) is 6.38. The van der Waals surface area contributed by atoms with Crippen LogP contribution >= 0.6 is 0 Å². The van der Waals surface area contributed by atoms with Crippen molar-refractivity contribution in [1.82, 2.24) is 0 Å². The molecular formula is C19H32O18. The molecule has 0 spiro atoms. The molecule has 11 N–H and O–H groups in total. The first-order chi connectivity index (χ1) is 17.5. The van der Waals surface area contributed by atoms with Gasteiger partial charge >= 0.3 is 5.97 Å². The van der Waals surface area contributed by atoms with Crippen molar-refractivity contribution in [2.24, 2.45) is 0 Å². The molecule has 0 aromatic heterocycles. The number of carbonyl (C=O) groups is 1. The van der Waals surface area contributed by atoms with Crippen molar-refractivity contribution in [3.8, 4) is 0 Å². The normalized spacial score (nSPS) is 51.0. The van der Waals surface area contributed by atoms with E-state index in [4.69, 9.17) is 23.7 Å². The number of aliphatic hydroxyl groups is 11. The van der Waals surface area contributed by atoms with Crippen LogP contribution in [0.5, 0.6) is 0 Å². The Hall–Kier alpha value is -1.17. The highest BCUT2D eigenvalue weighted by molar-refractivity contribution is 5.38. The minimum Gasteiger partial charge on any atom is -0.408 e. The lowest BCUT2D eigenvalue weighted by Crippen LogP contribution is -2.71. The zero-order valence-electron chi connectivity index (χ0n) is 19.1. The van der Waals surface area contributed by atoms with Gasteiger partial charge in [0, 0.05) is 0 Å². The molecule has 0 amide bonds. The quantitative estimate of drug-likeness (QED) is 0.0941. The molecule has 3 aliphatic rings. The molecule has 0 aromatic rings. The maximum absolute atomic E-state index is 11.2. The number of ether oxygens (including phenoxy) is 6. The van der Waals surface area contributed by atoms with Gasteiger partial charge < -0.3 is 84.6 Å². The van der Waals surface area contributed by atoms with Crippen LogP contribution in [0.25, 0.3) is 0 Å². The molecule has 3 heterocycles. The van der Waals surface area contributed by atoms with Crippen LogP contribution in [-0.2, 0) is 33.2 Å². The van der Waals surface area contributed by atoms with Gasteiger partial charge in [-0.2, -0.15) is 0 Å². The Bertz CT molecular complexity index is 738. The van der Waals surface area contributed by atoms with Gasteiger partial charge in [-0.1, -0.05) is 0 Å². The summed E-state index contributed by atoms with van der Waals surface area (Å²) in [7, 11) is 0. The van der Waals surface area contributed by atoms with E-state index < -0.39 is 112 Å². The molecule has 0 bridgehead atoms. The predicted octanol–water partition coefficient (Wildman–Crippen LogP) is -8.07. The fourth-order valence-electron chi connectivity index (χ4n) is 4.29. The van der Waals surface area contributed by atoms with Gasteiger partial charge in [-0.05, 0) is 0 Å². The highest BCUT2D eigenvalue weighted by Crippen LogP contribution is 2.37. The van der Waals surface area contributed by atoms with E-state index in [2.05, 4.69) is 4.74 Å². The Morgan fingerprint density at radius 2 is 1.24 bits per heavy atom. The average molecular weight is 548 g/mol. The smallest absolute Gasteiger partial charge is 0.360 e.